The first-order valence-corrected chi connectivity index (χ1v) is 12.8. The highest BCUT2D eigenvalue weighted by atomic mass is 32.2. The number of amides is 1. The number of hydrogen-bond donors (Lipinski definition) is 0. The van der Waals surface area contributed by atoms with Gasteiger partial charge in [-0.15, -0.1) is 0 Å². The molecule has 9 heteroatoms. The maximum atomic E-state index is 13.9. The quantitative estimate of drug-likeness (QED) is 0.591. The molecule has 0 aliphatic carbocycles. The van der Waals surface area contributed by atoms with Gasteiger partial charge in [-0.05, 0) is 43.5 Å². The van der Waals surface area contributed by atoms with E-state index < -0.39 is 16.1 Å². The zero-order valence-electron chi connectivity index (χ0n) is 18.6. The Labute approximate surface area is 193 Å². The summed E-state index contributed by atoms with van der Waals surface area (Å²) in [6, 6.07) is 15.2. The topological polar surface area (TPSA) is 86.7 Å². The number of carbonyl (C=O) groups is 1. The highest BCUT2D eigenvalue weighted by molar-refractivity contribution is 7.89. The van der Waals surface area contributed by atoms with Crippen molar-refractivity contribution in [3.05, 3.63) is 54.6 Å². The van der Waals surface area contributed by atoms with Gasteiger partial charge in [0.2, 0.25) is 15.9 Å². The molecule has 1 fully saturated rings. The second-order valence-corrected chi connectivity index (χ2v) is 10.5. The number of benzene rings is 2. The lowest BCUT2D eigenvalue weighted by Gasteiger charge is -2.36. The number of aromatic nitrogens is 2. The zero-order chi connectivity index (χ0) is 23.0. The number of para-hydroxylation sites is 2. The summed E-state index contributed by atoms with van der Waals surface area (Å²) in [5.74, 6) is 0.921. The molecule has 33 heavy (non-hydrogen) atoms. The number of carbonyl (C=O) groups excluding carboxylic acids is 1. The van der Waals surface area contributed by atoms with Crippen LogP contribution in [0.15, 0.2) is 59.5 Å². The van der Waals surface area contributed by atoms with Gasteiger partial charge in [0, 0.05) is 26.7 Å². The third-order valence-corrected chi connectivity index (χ3v) is 8.30. The fraction of sp³-hybridized carbons (Fsp3) is 0.375. The predicted octanol–water partition coefficient (Wildman–Crippen LogP) is 3.05. The monoisotopic (exact) mass is 465 g/mol. The van der Waals surface area contributed by atoms with Gasteiger partial charge in [-0.1, -0.05) is 36.8 Å². The van der Waals surface area contributed by atoms with Crippen molar-refractivity contribution >= 4 is 38.6 Å². The van der Waals surface area contributed by atoms with Gasteiger partial charge in [-0.2, -0.15) is 4.31 Å². The molecule has 172 valence electrons. The summed E-state index contributed by atoms with van der Waals surface area (Å²) in [6.07, 6.45) is 2.78. The molecule has 0 bridgehead atoms. The summed E-state index contributed by atoms with van der Waals surface area (Å²) in [7, 11) is -1.84. The maximum Gasteiger partial charge on any atom is 0.246 e. The molecule has 0 spiro atoms. The van der Waals surface area contributed by atoms with Crippen molar-refractivity contribution in [2.75, 3.05) is 36.5 Å². The van der Waals surface area contributed by atoms with Crippen LogP contribution < -0.4 is 9.80 Å². The molecular formula is C24H27N5O3S. The van der Waals surface area contributed by atoms with Gasteiger partial charge in [-0.3, -0.25) is 9.69 Å². The third kappa shape index (κ3) is 3.95. The molecular weight excluding hydrogens is 438 g/mol. The molecule has 0 unspecified atom stereocenters. The molecule has 1 atom stereocenters. The number of piperidine rings is 1. The van der Waals surface area contributed by atoms with Crippen molar-refractivity contribution in [2.24, 2.45) is 0 Å². The Bertz CT molecular complexity index is 1280. The molecule has 3 aromatic rings. The maximum absolute atomic E-state index is 13.9. The van der Waals surface area contributed by atoms with Crippen LogP contribution in [0.4, 0.5) is 11.6 Å². The normalized spacial score (nSPS) is 19.8. The van der Waals surface area contributed by atoms with E-state index in [1.807, 2.05) is 36.2 Å². The van der Waals surface area contributed by atoms with Gasteiger partial charge in [0.15, 0.2) is 11.6 Å². The predicted molar refractivity (Wildman–Crippen MR) is 128 cm³/mol. The van der Waals surface area contributed by atoms with Crippen LogP contribution in [-0.2, 0) is 14.8 Å². The van der Waals surface area contributed by atoms with E-state index in [1.165, 1.54) is 4.31 Å². The van der Waals surface area contributed by atoms with Gasteiger partial charge >= 0.3 is 0 Å². The highest BCUT2D eigenvalue weighted by Gasteiger charge is 2.41. The molecule has 1 amide bonds. The number of nitrogens with zero attached hydrogens (tertiary/aromatic N) is 5. The smallest absolute Gasteiger partial charge is 0.246 e. The SMILES string of the molecule is CN1CCCN(C(=O)[C@@H]2CCCCN2S(=O)(=O)c2ccccc2)c2nc3ccccc3nc21. The summed E-state index contributed by atoms with van der Waals surface area (Å²) in [5, 5.41) is 0. The Morgan fingerprint density at radius 3 is 2.24 bits per heavy atom. The van der Waals surface area contributed by atoms with Crippen molar-refractivity contribution < 1.29 is 13.2 Å². The largest absolute Gasteiger partial charge is 0.357 e. The lowest BCUT2D eigenvalue weighted by atomic mass is 10.0. The number of fused-ring (bicyclic) bond motifs is 2. The van der Waals surface area contributed by atoms with Crippen LogP contribution in [-0.4, -0.2) is 61.3 Å². The summed E-state index contributed by atoms with van der Waals surface area (Å²) < 4.78 is 28.3. The van der Waals surface area contributed by atoms with E-state index >= 15 is 0 Å². The number of rotatable bonds is 3. The minimum absolute atomic E-state index is 0.214. The number of hydrogen-bond acceptors (Lipinski definition) is 6. The van der Waals surface area contributed by atoms with Gasteiger partial charge in [0.1, 0.15) is 6.04 Å². The molecule has 0 N–H and O–H groups in total. The minimum atomic E-state index is -3.79. The molecule has 1 aromatic heterocycles. The van der Waals surface area contributed by atoms with Crippen molar-refractivity contribution in [3.8, 4) is 0 Å². The second kappa shape index (κ2) is 8.72. The molecule has 0 radical (unpaired) electrons. The Kier molecular flexibility index (Phi) is 5.76. The Morgan fingerprint density at radius 2 is 1.52 bits per heavy atom. The molecule has 2 aliphatic rings. The average molecular weight is 466 g/mol. The molecule has 2 aromatic carbocycles. The fourth-order valence-corrected chi connectivity index (χ4v) is 6.33. The Hall–Kier alpha value is -3.04. The van der Waals surface area contributed by atoms with Crippen molar-refractivity contribution in [3.63, 3.8) is 0 Å². The summed E-state index contributed by atoms with van der Waals surface area (Å²) in [5.41, 5.74) is 1.48. The van der Waals surface area contributed by atoms with Gasteiger partial charge < -0.3 is 4.90 Å². The van der Waals surface area contributed by atoms with Crippen LogP contribution in [0.25, 0.3) is 11.0 Å². The third-order valence-electron chi connectivity index (χ3n) is 6.38. The van der Waals surface area contributed by atoms with E-state index in [-0.39, 0.29) is 10.8 Å². The van der Waals surface area contributed by atoms with E-state index in [9.17, 15) is 13.2 Å². The van der Waals surface area contributed by atoms with E-state index in [4.69, 9.17) is 9.97 Å². The van der Waals surface area contributed by atoms with Crippen LogP contribution in [0.5, 0.6) is 0 Å². The van der Waals surface area contributed by atoms with E-state index in [0.29, 0.717) is 36.7 Å². The molecule has 2 aliphatic heterocycles. The second-order valence-electron chi connectivity index (χ2n) is 8.56. The molecule has 0 saturated carbocycles. The van der Waals surface area contributed by atoms with E-state index in [0.717, 1.165) is 31.3 Å². The van der Waals surface area contributed by atoms with Crippen LogP contribution >= 0.6 is 0 Å². The molecule has 3 heterocycles. The van der Waals surface area contributed by atoms with Crippen LogP contribution in [0.1, 0.15) is 25.7 Å². The molecule has 1 saturated heterocycles. The van der Waals surface area contributed by atoms with Crippen LogP contribution in [0, 0.1) is 0 Å². The first-order chi connectivity index (χ1) is 16.0. The van der Waals surface area contributed by atoms with Gasteiger partial charge in [0.25, 0.3) is 0 Å². The standard InChI is InChI=1S/C24H27N5O3S/c1-27-15-9-16-28(23-22(27)25-19-12-5-6-13-20(19)26-23)24(30)21-14-7-8-17-29(21)33(31,32)18-10-3-2-4-11-18/h2-6,10-13,21H,7-9,14-17H2,1H3/t21-/m0/s1. The number of sulfonamides is 1. The van der Waals surface area contributed by atoms with Crippen molar-refractivity contribution in [2.45, 2.75) is 36.6 Å². The first kappa shape index (κ1) is 21.8. The van der Waals surface area contributed by atoms with Gasteiger partial charge in [0.05, 0.1) is 15.9 Å². The van der Waals surface area contributed by atoms with Crippen molar-refractivity contribution in [1.82, 2.24) is 14.3 Å². The first-order valence-electron chi connectivity index (χ1n) is 11.3. The summed E-state index contributed by atoms with van der Waals surface area (Å²) >= 11 is 0. The summed E-state index contributed by atoms with van der Waals surface area (Å²) in [6.45, 7) is 1.54. The Morgan fingerprint density at radius 1 is 0.848 bits per heavy atom. The van der Waals surface area contributed by atoms with Crippen molar-refractivity contribution in [1.29, 1.82) is 0 Å². The number of anilines is 2. The van der Waals surface area contributed by atoms with Crippen LogP contribution in [0.2, 0.25) is 0 Å². The molecule has 8 nitrogen and oxygen atoms in total. The average Bonchev–Trinajstić information content (AvgIpc) is 3.01. The van der Waals surface area contributed by atoms with Gasteiger partial charge in [-0.25, -0.2) is 18.4 Å². The highest BCUT2D eigenvalue weighted by Crippen LogP contribution is 2.33. The van der Waals surface area contributed by atoms with E-state index in [2.05, 4.69) is 0 Å². The lowest BCUT2D eigenvalue weighted by Crippen LogP contribution is -2.53. The Balaban J connectivity index is 1.55. The van der Waals surface area contributed by atoms with Crippen LogP contribution in [0.3, 0.4) is 0 Å². The van der Waals surface area contributed by atoms with E-state index in [1.54, 1.807) is 35.2 Å². The lowest BCUT2D eigenvalue weighted by molar-refractivity contribution is -0.123. The molecule has 5 rings (SSSR count). The minimum Gasteiger partial charge on any atom is -0.357 e. The fourth-order valence-electron chi connectivity index (χ4n) is 4.66. The summed E-state index contributed by atoms with van der Waals surface area (Å²) in [4.78, 5) is 27.4. The zero-order valence-corrected chi connectivity index (χ0v) is 19.4.